The third-order valence-electron chi connectivity index (χ3n) is 5.41. The molecular weight excluding hydrogens is 496 g/mol. The summed E-state index contributed by atoms with van der Waals surface area (Å²) < 4.78 is 50.0. The third kappa shape index (κ3) is 6.60. The lowest BCUT2D eigenvalue weighted by Gasteiger charge is -2.50. The average molecular weight is 529 g/mol. The molecule has 37 heavy (non-hydrogen) atoms. The minimum Gasteiger partial charge on any atom is -0.493 e. The molecule has 0 aromatic heterocycles. The Morgan fingerprint density at radius 3 is 1.68 bits per heavy atom. The van der Waals surface area contributed by atoms with Crippen molar-refractivity contribution in [1.29, 1.82) is 0 Å². The van der Waals surface area contributed by atoms with E-state index in [1.54, 1.807) is 0 Å². The summed E-state index contributed by atoms with van der Waals surface area (Å²) >= 11 is 0. The molecule has 0 bridgehead atoms. The van der Waals surface area contributed by atoms with Crippen LogP contribution < -0.4 is 14.2 Å². The predicted octanol–water partition coefficient (Wildman–Crippen LogP) is 1.27. The summed E-state index contributed by atoms with van der Waals surface area (Å²) in [5.74, 6) is -4.28. The van der Waals surface area contributed by atoms with Gasteiger partial charge in [0.1, 0.15) is 12.7 Å². The van der Waals surface area contributed by atoms with Gasteiger partial charge in [-0.05, 0) is 12.1 Å². The molecule has 0 spiro atoms. The summed E-state index contributed by atoms with van der Waals surface area (Å²) in [6.45, 7) is 4.14. The zero-order valence-electron chi connectivity index (χ0n) is 22.0. The van der Waals surface area contributed by atoms with Crippen LogP contribution in [0.5, 0.6) is 17.2 Å². The smallest absolute Gasteiger partial charge is 0.303 e. The molecule has 2 rings (SSSR count). The van der Waals surface area contributed by atoms with Gasteiger partial charge in [-0.1, -0.05) is 0 Å². The highest BCUT2D eigenvalue weighted by atomic mass is 16.7. The van der Waals surface area contributed by atoms with Gasteiger partial charge in [-0.2, -0.15) is 0 Å². The molecule has 1 aromatic carbocycles. The van der Waals surface area contributed by atoms with Gasteiger partial charge in [0.15, 0.2) is 23.7 Å². The molecule has 0 N–H and O–H groups in total. The van der Waals surface area contributed by atoms with Crippen molar-refractivity contribution in [2.75, 3.05) is 35.0 Å². The molecule has 0 radical (unpaired) electrons. The van der Waals surface area contributed by atoms with Gasteiger partial charge in [0.2, 0.25) is 17.6 Å². The molecule has 1 heterocycles. The normalized spacial score (nSPS) is 24.9. The van der Waals surface area contributed by atoms with Crippen molar-refractivity contribution in [3.8, 4) is 17.2 Å². The van der Waals surface area contributed by atoms with Crippen molar-refractivity contribution in [1.82, 2.24) is 0 Å². The molecule has 0 unspecified atom stereocenters. The molecule has 1 fully saturated rings. The molecule has 1 aromatic rings. The van der Waals surface area contributed by atoms with Crippen LogP contribution in [-0.4, -0.2) is 83.3 Å². The first kappa shape index (κ1) is 29.6. The number of methoxy groups -OCH3 is 4. The highest BCUT2D eigenvalue weighted by Gasteiger charge is 2.61. The molecule has 206 valence electrons. The molecule has 0 saturated carbocycles. The van der Waals surface area contributed by atoms with Crippen molar-refractivity contribution in [2.45, 2.75) is 57.9 Å². The number of ether oxygens (including phenoxy) is 9. The van der Waals surface area contributed by atoms with Crippen LogP contribution in [0.15, 0.2) is 12.1 Å². The largest absolute Gasteiger partial charge is 0.493 e. The molecule has 0 aliphatic carbocycles. The molecule has 1 saturated heterocycles. The van der Waals surface area contributed by atoms with E-state index < -0.39 is 60.7 Å². The monoisotopic (exact) mass is 528 g/mol. The third-order valence-corrected chi connectivity index (χ3v) is 5.41. The first-order valence-electron chi connectivity index (χ1n) is 11.1. The first-order valence-corrected chi connectivity index (χ1v) is 11.1. The lowest BCUT2D eigenvalue weighted by atomic mass is 9.87. The Labute approximate surface area is 214 Å². The summed E-state index contributed by atoms with van der Waals surface area (Å²) in [7, 11) is 5.47. The number of hydrogen-bond donors (Lipinski definition) is 0. The van der Waals surface area contributed by atoms with Crippen LogP contribution >= 0.6 is 0 Å². The Morgan fingerprint density at radius 1 is 0.757 bits per heavy atom. The van der Waals surface area contributed by atoms with E-state index in [-0.39, 0.29) is 22.8 Å². The van der Waals surface area contributed by atoms with E-state index in [0.29, 0.717) is 0 Å². The van der Waals surface area contributed by atoms with Crippen molar-refractivity contribution in [3.63, 3.8) is 0 Å². The van der Waals surface area contributed by atoms with Crippen LogP contribution in [0.2, 0.25) is 0 Å². The van der Waals surface area contributed by atoms with E-state index in [9.17, 15) is 19.2 Å². The average Bonchev–Trinajstić information content (AvgIpc) is 2.83. The van der Waals surface area contributed by atoms with E-state index >= 15 is 0 Å². The molecule has 1 aliphatic rings. The topological polar surface area (TPSA) is 151 Å². The van der Waals surface area contributed by atoms with Gasteiger partial charge in [-0.3, -0.25) is 19.2 Å². The summed E-state index contributed by atoms with van der Waals surface area (Å²) in [5, 5.41) is 0. The summed E-state index contributed by atoms with van der Waals surface area (Å²) in [4.78, 5) is 48.0. The fraction of sp³-hybridized carbons (Fsp3) is 0.583. The second-order valence-corrected chi connectivity index (χ2v) is 7.92. The Kier molecular flexibility index (Phi) is 10.1. The van der Waals surface area contributed by atoms with Crippen LogP contribution in [0, 0.1) is 0 Å². The van der Waals surface area contributed by atoms with Crippen molar-refractivity contribution in [2.24, 2.45) is 0 Å². The lowest BCUT2D eigenvalue weighted by molar-refractivity contribution is -0.367. The summed E-state index contributed by atoms with van der Waals surface area (Å²) in [6, 6.07) is 2.97. The quantitative estimate of drug-likeness (QED) is 0.317. The van der Waals surface area contributed by atoms with E-state index in [1.807, 2.05) is 0 Å². The molecule has 13 heteroatoms. The molecule has 0 amide bonds. The number of hydrogen-bond acceptors (Lipinski definition) is 13. The van der Waals surface area contributed by atoms with Crippen LogP contribution in [0.25, 0.3) is 0 Å². The number of rotatable bonds is 10. The Hall–Kier alpha value is -3.58. The van der Waals surface area contributed by atoms with Gasteiger partial charge in [-0.25, -0.2) is 0 Å². The number of benzene rings is 1. The molecule has 1 aliphatic heterocycles. The van der Waals surface area contributed by atoms with E-state index in [1.165, 1.54) is 47.5 Å². The zero-order chi connectivity index (χ0) is 27.9. The predicted molar refractivity (Wildman–Crippen MR) is 123 cm³/mol. The zero-order valence-corrected chi connectivity index (χ0v) is 22.0. The van der Waals surface area contributed by atoms with Gasteiger partial charge >= 0.3 is 23.9 Å². The number of esters is 4. The molecule has 13 nitrogen and oxygen atoms in total. The second kappa shape index (κ2) is 12.6. The van der Waals surface area contributed by atoms with Gasteiger partial charge < -0.3 is 42.6 Å². The lowest BCUT2D eigenvalue weighted by Crippen LogP contribution is -2.67. The maximum absolute atomic E-state index is 12.2. The van der Waals surface area contributed by atoms with Gasteiger partial charge in [-0.15, -0.1) is 0 Å². The van der Waals surface area contributed by atoms with Gasteiger partial charge in [0.25, 0.3) is 0 Å². The fourth-order valence-corrected chi connectivity index (χ4v) is 4.06. The highest BCUT2D eigenvalue weighted by molar-refractivity contribution is 5.69. The van der Waals surface area contributed by atoms with Crippen molar-refractivity contribution >= 4 is 23.9 Å². The highest BCUT2D eigenvalue weighted by Crippen LogP contribution is 2.48. The fourth-order valence-electron chi connectivity index (χ4n) is 4.06. The van der Waals surface area contributed by atoms with Crippen LogP contribution in [-0.2, 0) is 53.4 Å². The molecular formula is C24H32O13. The van der Waals surface area contributed by atoms with Crippen LogP contribution in [0.1, 0.15) is 33.3 Å². The molecule has 5 atom stereocenters. The standard InChI is InChI=1S/C24H32O13/c1-12(25)33-11-19-21(34-13(2)26)22(35-14(3)27)23(36-15(4)28)24(32-8,37-19)16-9-17(29-5)20(31-7)18(10-16)30-6/h9-10,19,21-23H,11H2,1-8H3/t19-,21-,22+,23-,24+/m1/s1. The Balaban J connectivity index is 2.86. The SMILES string of the molecule is COc1cc([C@]2(OC)O[C@H](COC(C)=O)[C@@H](OC(C)=O)[C@H](OC(C)=O)[C@H]2OC(C)=O)cc(OC)c1OC. The summed E-state index contributed by atoms with van der Waals surface area (Å²) in [6.07, 6.45) is -5.54. The first-order chi connectivity index (χ1) is 17.4. The van der Waals surface area contributed by atoms with Crippen molar-refractivity contribution < 1.29 is 61.8 Å². The van der Waals surface area contributed by atoms with Gasteiger partial charge in [0.05, 0.1) is 21.3 Å². The second-order valence-electron chi connectivity index (χ2n) is 7.92. The summed E-state index contributed by atoms with van der Waals surface area (Å²) in [5.41, 5.74) is 0.196. The number of carbonyl (C=O) groups is 4. The Morgan fingerprint density at radius 2 is 1.27 bits per heavy atom. The maximum Gasteiger partial charge on any atom is 0.303 e. The van der Waals surface area contributed by atoms with E-state index in [4.69, 9.17) is 42.6 Å². The van der Waals surface area contributed by atoms with E-state index in [0.717, 1.165) is 20.8 Å². The van der Waals surface area contributed by atoms with E-state index in [2.05, 4.69) is 0 Å². The minimum absolute atomic E-state index is 0.196. The Bertz CT molecular complexity index is 981. The van der Waals surface area contributed by atoms with Crippen molar-refractivity contribution in [3.05, 3.63) is 17.7 Å². The minimum atomic E-state index is -2.00. The van der Waals surface area contributed by atoms with Gasteiger partial charge in [0, 0.05) is 40.4 Å². The van der Waals surface area contributed by atoms with Crippen LogP contribution in [0.4, 0.5) is 0 Å². The number of carbonyl (C=O) groups excluding carboxylic acids is 4. The van der Waals surface area contributed by atoms with Crippen LogP contribution in [0.3, 0.4) is 0 Å². The maximum atomic E-state index is 12.2.